The van der Waals surface area contributed by atoms with Gasteiger partial charge in [0.1, 0.15) is 13.2 Å². The van der Waals surface area contributed by atoms with Gasteiger partial charge in [0.15, 0.2) is 6.10 Å². The SMILES string of the molecule is CCCCCCCCCCCCCCC(=O)OC[C@@H](COC(=O)CCCCCCCCC(C)C)OC(=O)CCCCCCCCCCCCCC(C)C. The molecule has 0 heterocycles. The highest BCUT2D eigenvalue weighted by molar-refractivity contribution is 5.71. The number of carbonyl (C=O) groups is 3. The normalized spacial score (nSPS) is 12.1. The Morgan fingerprint density at radius 3 is 0.925 bits per heavy atom. The highest BCUT2D eigenvalue weighted by Gasteiger charge is 2.19. The smallest absolute Gasteiger partial charge is 0.306 e. The molecule has 0 aromatic carbocycles. The van der Waals surface area contributed by atoms with E-state index >= 15 is 0 Å². The van der Waals surface area contributed by atoms with Crippen molar-refractivity contribution in [1.82, 2.24) is 0 Å². The molecule has 314 valence electrons. The Bertz CT molecular complexity index is 809. The molecule has 1 atom stereocenters. The van der Waals surface area contributed by atoms with Crippen molar-refractivity contribution in [2.24, 2.45) is 11.8 Å². The Kier molecular flexibility index (Phi) is 38.9. The van der Waals surface area contributed by atoms with Crippen molar-refractivity contribution in [3.8, 4) is 0 Å². The van der Waals surface area contributed by atoms with Crippen molar-refractivity contribution in [3.05, 3.63) is 0 Å². The molecule has 0 bridgehead atoms. The van der Waals surface area contributed by atoms with E-state index < -0.39 is 6.10 Å². The Hall–Kier alpha value is -1.59. The number of ether oxygens (including phenoxy) is 3. The molecule has 0 unspecified atom stereocenters. The summed E-state index contributed by atoms with van der Waals surface area (Å²) in [5.41, 5.74) is 0. The van der Waals surface area contributed by atoms with Crippen LogP contribution in [-0.2, 0) is 28.6 Å². The summed E-state index contributed by atoms with van der Waals surface area (Å²) in [5, 5.41) is 0. The van der Waals surface area contributed by atoms with E-state index in [9.17, 15) is 14.4 Å². The van der Waals surface area contributed by atoms with Gasteiger partial charge < -0.3 is 14.2 Å². The summed E-state index contributed by atoms with van der Waals surface area (Å²) in [6.45, 7) is 11.3. The number of esters is 3. The maximum Gasteiger partial charge on any atom is 0.306 e. The maximum atomic E-state index is 12.7. The van der Waals surface area contributed by atoms with E-state index in [0.29, 0.717) is 19.3 Å². The Balaban J connectivity index is 4.32. The van der Waals surface area contributed by atoms with Gasteiger partial charge in [-0.15, -0.1) is 0 Å². The third-order valence-corrected chi connectivity index (χ3v) is 10.5. The van der Waals surface area contributed by atoms with E-state index in [0.717, 1.165) is 69.6 Å². The molecule has 6 nitrogen and oxygen atoms in total. The predicted molar refractivity (Wildman–Crippen MR) is 224 cm³/mol. The van der Waals surface area contributed by atoms with Crippen LogP contribution in [0.15, 0.2) is 0 Å². The molecule has 0 radical (unpaired) electrons. The minimum absolute atomic E-state index is 0.0653. The maximum absolute atomic E-state index is 12.7. The lowest BCUT2D eigenvalue weighted by molar-refractivity contribution is -0.167. The second-order valence-corrected chi connectivity index (χ2v) is 17.0. The van der Waals surface area contributed by atoms with E-state index in [1.165, 1.54) is 141 Å². The number of hydrogen-bond acceptors (Lipinski definition) is 6. The van der Waals surface area contributed by atoms with Crippen LogP contribution in [0.2, 0.25) is 0 Å². The fourth-order valence-electron chi connectivity index (χ4n) is 6.93. The molecule has 0 amide bonds. The molecule has 0 fully saturated rings. The molecular weight excluding hydrogens is 661 g/mol. The van der Waals surface area contributed by atoms with Crippen molar-refractivity contribution in [3.63, 3.8) is 0 Å². The summed E-state index contributed by atoms with van der Waals surface area (Å²) in [4.78, 5) is 37.7. The van der Waals surface area contributed by atoms with Crippen molar-refractivity contribution < 1.29 is 28.6 Å². The fraction of sp³-hybridized carbons (Fsp3) is 0.936. The van der Waals surface area contributed by atoms with Gasteiger partial charge in [-0.05, 0) is 31.1 Å². The third kappa shape index (κ3) is 41.4. The topological polar surface area (TPSA) is 78.9 Å². The van der Waals surface area contributed by atoms with Gasteiger partial charge in [0.05, 0.1) is 0 Å². The summed E-state index contributed by atoms with van der Waals surface area (Å²) >= 11 is 0. The number of rotatable bonds is 41. The molecule has 0 aromatic heterocycles. The van der Waals surface area contributed by atoms with Crippen LogP contribution in [0, 0.1) is 11.8 Å². The van der Waals surface area contributed by atoms with Gasteiger partial charge in [-0.3, -0.25) is 14.4 Å². The number of carbonyl (C=O) groups excluding carboxylic acids is 3. The van der Waals surface area contributed by atoms with Gasteiger partial charge in [0, 0.05) is 19.3 Å². The Morgan fingerprint density at radius 1 is 0.358 bits per heavy atom. The van der Waals surface area contributed by atoms with Gasteiger partial charge in [0.25, 0.3) is 0 Å². The molecule has 53 heavy (non-hydrogen) atoms. The first kappa shape index (κ1) is 51.4. The Morgan fingerprint density at radius 2 is 0.623 bits per heavy atom. The van der Waals surface area contributed by atoms with Crippen molar-refractivity contribution in [2.75, 3.05) is 13.2 Å². The van der Waals surface area contributed by atoms with Crippen LogP contribution < -0.4 is 0 Å². The van der Waals surface area contributed by atoms with Crippen molar-refractivity contribution >= 4 is 17.9 Å². The van der Waals surface area contributed by atoms with E-state index in [1.54, 1.807) is 0 Å². The molecule has 0 aromatic rings. The van der Waals surface area contributed by atoms with Crippen LogP contribution in [0.4, 0.5) is 0 Å². The van der Waals surface area contributed by atoms with Crippen molar-refractivity contribution in [2.45, 2.75) is 259 Å². The minimum atomic E-state index is -0.760. The molecule has 0 aliphatic carbocycles. The van der Waals surface area contributed by atoms with Crippen LogP contribution in [0.1, 0.15) is 253 Å². The average Bonchev–Trinajstić information content (AvgIpc) is 3.12. The van der Waals surface area contributed by atoms with Gasteiger partial charge in [-0.2, -0.15) is 0 Å². The fourth-order valence-corrected chi connectivity index (χ4v) is 6.93. The molecule has 0 aliphatic rings. The highest BCUT2D eigenvalue weighted by atomic mass is 16.6. The average molecular weight is 751 g/mol. The molecule has 0 rings (SSSR count). The summed E-state index contributed by atoms with van der Waals surface area (Å²) in [6.07, 6.45) is 38.1. The zero-order valence-corrected chi connectivity index (χ0v) is 36.1. The summed E-state index contributed by atoms with van der Waals surface area (Å²) in [6, 6.07) is 0. The van der Waals surface area contributed by atoms with E-state index in [1.807, 2.05) is 0 Å². The Labute approximate surface area is 329 Å². The van der Waals surface area contributed by atoms with E-state index in [2.05, 4.69) is 34.6 Å². The predicted octanol–water partition coefficient (Wildman–Crippen LogP) is 14.6. The first-order valence-corrected chi connectivity index (χ1v) is 23.2. The highest BCUT2D eigenvalue weighted by Crippen LogP contribution is 2.16. The lowest BCUT2D eigenvalue weighted by atomic mass is 10.0. The van der Waals surface area contributed by atoms with Crippen LogP contribution in [0.25, 0.3) is 0 Å². The summed E-state index contributed by atoms with van der Waals surface area (Å²) in [5.74, 6) is 0.728. The second kappa shape index (κ2) is 40.1. The second-order valence-electron chi connectivity index (χ2n) is 17.0. The largest absolute Gasteiger partial charge is 0.462 e. The van der Waals surface area contributed by atoms with Gasteiger partial charge >= 0.3 is 17.9 Å². The zero-order valence-electron chi connectivity index (χ0n) is 36.1. The van der Waals surface area contributed by atoms with Gasteiger partial charge in [-0.25, -0.2) is 0 Å². The molecule has 6 heteroatoms. The summed E-state index contributed by atoms with van der Waals surface area (Å²) < 4.78 is 16.7. The lowest BCUT2D eigenvalue weighted by Crippen LogP contribution is -2.30. The standard InChI is InChI=1S/C47H90O6/c1-6-7-8-9-10-11-12-15-18-21-27-32-37-45(48)51-40-44(41-52-46(49)38-33-28-24-23-26-31-36-43(4)5)53-47(50)39-34-29-22-19-16-13-14-17-20-25-30-35-42(2)3/h42-44H,6-41H2,1-5H3/t44-/m0/s1. The van der Waals surface area contributed by atoms with Crippen LogP contribution in [0.5, 0.6) is 0 Å². The van der Waals surface area contributed by atoms with Crippen LogP contribution in [0.3, 0.4) is 0 Å². The summed E-state index contributed by atoms with van der Waals surface area (Å²) in [7, 11) is 0. The lowest BCUT2D eigenvalue weighted by Gasteiger charge is -2.18. The quantitative estimate of drug-likeness (QED) is 0.0352. The zero-order chi connectivity index (χ0) is 39.0. The first-order valence-electron chi connectivity index (χ1n) is 23.2. The number of unbranched alkanes of at least 4 members (excludes halogenated alkanes) is 26. The molecule has 0 aliphatic heterocycles. The monoisotopic (exact) mass is 751 g/mol. The third-order valence-electron chi connectivity index (χ3n) is 10.5. The minimum Gasteiger partial charge on any atom is -0.462 e. The molecular formula is C47H90O6. The molecule has 0 spiro atoms. The first-order chi connectivity index (χ1) is 25.7. The molecule has 0 saturated heterocycles. The molecule has 0 saturated carbocycles. The van der Waals surface area contributed by atoms with Gasteiger partial charge in [-0.1, -0.05) is 214 Å². The van der Waals surface area contributed by atoms with Gasteiger partial charge in [0.2, 0.25) is 0 Å². The number of hydrogen-bond donors (Lipinski definition) is 0. The van der Waals surface area contributed by atoms with Crippen molar-refractivity contribution in [1.29, 1.82) is 0 Å². The van der Waals surface area contributed by atoms with Crippen LogP contribution >= 0.6 is 0 Å². The van der Waals surface area contributed by atoms with E-state index in [-0.39, 0.29) is 31.1 Å². The van der Waals surface area contributed by atoms with E-state index in [4.69, 9.17) is 14.2 Å². The molecule has 0 N–H and O–H groups in total. The van der Waals surface area contributed by atoms with Crippen LogP contribution in [-0.4, -0.2) is 37.2 Å².